The first-order chi connectivity index (χ1) is 18.7. The van der Waals surface area contributed by atoms with Crippen LogP contribution in [0.1, 0.15) is 45.7 Å². The zero-order chi connectivity index (χ0) is 29.8. The number of rotatable bonds is 12. The van der Waals surface area contributed by atoms with Crippen molar-refractivity contribution in [3.8, 4) is 0 Å². The molecule has 0 bridgehead atoms. The lowest BCUT2D eigenvalue weighted by molar-refractivity contribution is -0.411. The molecule has 40 heavy (non-hydrogen) atoms. The maximum Gasteiger partial charge on any atom is 0.340 e. The molecule has 1 saturated heterocycles. The molecule has 2 aromatic carbocycles. The number of methoxy groups -OCH3 is 2. The summed E-state index contributed by atoms with van der Waals surface area (Å²) in [5, 5.41) is 11.9. The van der Waals surface area contributed by atoms with Gasteiger partial charge in [0.15, 0.2) is 14.4 Å². The Morgan fingerprint density at radius 1 is 0.925 bits per heavy atom. The van der Waals surface area contributed by atoms with Gasteiger partial charge in [0, 0.05) is 34.2 Å². The zero-order valence-corrected chi connectivity index (χ0v) is 26.5. The second-order valence-electron chi connectivity index (χ2n) is 12.3. The molecular formula is C31H47NO7Si. The number of hydrogen-bond acceptors (Lipinski definition) is 8. The van der Waals surface area contributed by atoms with Gasteiger partial charge in [0.05, 0.1) is 12.6 Å². The van der Waals surface area contributed by atoms with Gasteiger partial charge in [0.1, 0.15) is 6.10 Å². The summed E-state index contributed by atoms with van der Waals surface area (Å²) in [6.45, 7) is 15.3. The first kappa shape index (κ1) is 32.4. The third kappa shape index (κ3) is 7.20. The summed E-state index contributed by atoms with van der Waals surface area (Å²) in [6, 6.07) is 19.5. The van der Waals surface area contributed by atoms with Gasteiger partial charge in [0.2, 0.25) is 5.79 Å². The minimum Gasteiger partial charge on any atom is -0.425 e. The maximum absolute atomic E-state index is 13.3. The van der Waals surface area contributed by atoms with E-state index in [4.69, 9.17) is 23.4 Å². The quantitative estimate of drug-likeness (QED) is 0.277. The van der Waals surface area contributed by atoms with E-state index in [2.05, 4.69) is 38.8 Å². The van der Waals surface area contributed by atoms with Gasteiger partial charge in [-0.15, -0.1) is 0 Å². The third-order valence-corrected chi connectivity index (χ3v) is 13.0. The van der Waals surface area contributed by atoms with Crippen LogP contribution in [0.2, 0.25) is 18.1 Å². The number of carbonyl (C=O) groups is 1. The average Bonchev–Trinajstić information content (AvgIpc) is 2.91. The second kappa shape index (κ2) is 12.8. The van der Waals surface area contributed by atoms with Gasteiger partial charge in [0.25, 0.3) is 5.79 Å². The molecule has 9 heteroatoms. The molecule has 0 aromatic heterocycles. The van der Waals surface area contributed by atoms with Gasteiger partial charge >= 0.3 is 5.97 Å². The Kier molecular flexibility index (Phi) is 10.4. The van der Waals surface area contributed by atoms with E-state index in [-0.39, 0.29) is 11.6 Å². The Hall–Kier alpha value is -2.11. The molecule has 1 fully saturated rings. The molecule has 3 rings (SSSR count). The van der Waals surface area contributed by atoms with E-state index in [0.717, 1.165) is 11.1 Å². The van der Waals surface area contributed by atoms with Crippen molar-refractivity contribution in [1.29, 1.82) is 0 Å². The molecule has 1 heterocycles. The van der Waals surface area contributed by atoms with Crippen LogP contribution < -0.4 is 0 Å². The van der Waals surface area contributed by atoms with Gasteiger partial charge < -0.3 is 28.5 Å². The van der Waals surface area contributed by atoms with Gasteiger partial charge in [-0.2, -0.15) is 0 Å². The maximum atomic E-state index is 13.3. The highest BCUT2D eigenvalue weighted by Gasteiger charge is 2.59. The molecule has 0 radical (unpaired) electrons. The fraction of sp³-hybridized carbons (Fsp3) is 0.581. The van der Waals surface area contributed by atoms with Crippen LogP contribution in [0.5, 0.6) is 0 Å². The number of aliphatic hydroxyl groups excluding tert-OH is 1. The van der Waals surface area contributed by atoms with Gasteiger partial charge in [-0.05, 0) is 36.2 Å². The first-order valence-electron chi connectivity index (χ1n) is 13.8. The Balaban J connectivity index is 2.03. The summed E-state index contributed by atoms with van der Waals surface area (Å²) in [5.74, 6) is -3.66. The standard InChI is InChI=1S/C31H47NO7Si/c1-29(2,3)40(8,9)37-22-25(26(33)27-28(34)39-31(5,36-7)30(4,35-6)38-27)32(20-23-16-12-10-13-17-23)21-24-18-14-11-15-19-24/h10-19,25-27,33H,20-22H2,1-9H3/t25-,26-,27-,30+,31+/m0/s1. The molecule has 0 aliphatic carbocycles. The predicted octanol–water partition coefficient (Wildman–Crippen LogP) is 5.11. The highest BCUT2D eigenvalue weighted by molar-refractivity contribution is 6.74. The van der Waals surface area contributed by atoms with Crippen molar-refractivity contribution in [2.24, 2.45) is 0 Å². The normalized spacial score (nSPS) is 25.5. The summed E-state index contributed by atoms with van der Waals surface area (Å²) >= 11 is 0. The van der Waals surface area contributed by atoms with E-state index in [0.29, 0.717) is 13.1 Å². The van der Waals surface area contributed by atoms with E-state index in [1.165, 1.54) is 14.2 Å². The Bertz CT molecular complexity index is 1050. The fourth-order valence-electron chi connectivity index (χ4n) is 4.47. The molecule has 222 valence electrons. The molecule has 0 saturated carbocycles. The van der Waals surface area contributed by atoms with Crippen molar-refractivity contribution in [1.82, 2.24) is 4.90 Å². The molecule has 1 N–H and O–H groups in total. The van der Waals surface area contributed by atoms with Gasteiger partial charge in [-0.25, -0.2) is 4.79 Å². The SMILES string of the molecule is CO[C@]1(C)OC(=O)[C@H]([C@@H](O)[C@H](CO[Si](C)(C)C(C)(C)C)N(Cc2ccccc2)Cc2ccccc2)O[C@@]1(C)OC. The molecule has 0 unspecified atom stereocenters. The smallest absolute Gasteiger partial charge is 0.340 e. The van der Waals surface area contributed by atoms with Crippen LogP contribution in [-0.2, 0) is 41.3 Å². The van der Waals surface area contributed by atoms with Crippen molar-refractivity contribution < 1.29 is 33.3 Å². The molecule has 5 atom stereocenters. The minimum atomic E-state index is -2.21. The van der Waals surface area contributed by atoms with E-state index in [1.807, 2.05) is 60.7 Å². The van der Waals surface area contributed by atoms with E-state index < -0.39 is 44.1 Å². The minimum absolute atomic E-state index is 0.0403. The van der Waals surface area contributed by atoms with Crippen LogP contribution in [0.3, 0.4) is 0 Å². The van der Waals surface area contributed by atoms with Gasteiger partial charge in [-0.3, -0.25) is 4.90 Å². The summed E-state index contributed by atoms with van der Waals surface area (Å²) < 4.78 is 29.7. The number of hydrogen-bond donors (Lipinski definition) is 1. The van der Waals surface area contributed by atoms with Crippen molar-refractivity contribution >= 4 is 14.3 Å². The predicted molar refractivity (Wildman–Crippen MR) is 157 cm³/mol. The summed E-state index contributed by atoms with van der Waals surface area (Å²) in [7, 11) is 0.659. The largest absolute Gasteiger partial charge is 0.425 e. The fourth-order valence-corrected chi connectivity index (χ4v) is 5.49. The zero-order valence-electron chi connectivity index (χ0n) is 25.5. The molecule has 8 nitrogen and oxygen atoms in total. The number of benzene rings is 2. The molecule has 0 amide bonds. The second-order valence-corrected chi connectivity index (χ2v) is 17.1. The number of esters is 1. The number of carbonyl (C=O) groups excluding carboxylic acids is 1. The van der Waals surface area contributed by atoms with Crippen molar-refractivity contribution in [2.75, 3.05) is 20.8 Å². The van der Waals surface area contributed by atoms with Crippen LogP contribution in [0.25, 0.3) is 0 Å². The van der Waals surface area contributed by atoms with Crippen molar-refractivity contribution in [2.45, 2.75) is 95.7 Å². The number of aliphatic hydroxyl groups is 1. The Morgan fingerprint density at radius 2 is 1.40 bits per heavy atom. The number of cyclic esters (lactones) is 1. The molecule has 0 spiro atoms. The highest BCUT2D eigenvalue weighted by Crippen LogP contribution is 2.40. The number of ether oxygens (including phenoxy) is 4. The third-order valence-electron chi connectivity index (χ3n) is 8.54. The Labute approximate surface area is 240 Å². The Morgan fingerprint density at radius 3 is 1.82 bits per heavy atom. The van der Waals surface area contributed by atoms with E-state index in [9.17, 15) is 9.90 Å². The first-order valence-corrected chi connectivity index (χ1v) is 16.7. The van der Waals surface area contributed by atoms with Crippen LogP contribution in [0, 0.1) is 0 Å². The van der Waals surface area contributed by atoms with Gasteiger partial charge in [-0.1, -0.05) is 81.4 Å². The molecular weight excluding hydrogens is 526 g/mol. The van der Waals surface area contributed by atoms with Crippen LogP contribution in [-0.4, -0.2) is 74.9 Å². The van der Waals surface area contributed by atoms with Crippen molar-refractivity contribution in [3.63, 3.8) is 0 Å². The van der Waals surface area contributed by atoms with Crippen LogP contribution in [0.4, 0.5) is 0 Å². The summed E-state index contributed by atoms with van der Waals surface area (Å²) in [6.07, 6.45) is -2.61. The summed E-state index contributed by atoms with van der Waals surface area (Å²) in [4.78, 5) is 15.5. The lowest BCUT2D eigenvalue weighted by atomic mass is 9.99. The topological polar surface area (TPSA) is 86.7 Å². The molecule has 1 aliphatic rings. The molecule has 1 aliphatic heterocycles. The van der Waals surface area contributed by atoms with Crippen molar-refractivity contribution in [3.05, 3.63) is 71.8 Å². The lowest BCUT2D eigenvalue weighted by Crippen LogP contribution is -2.68. The van der Waals surface area contributed by atoms with Crippen LogP contribution >= 0.6 is 0 Å². The van der Waals surface area contributed by atoms with E-state index >= 15 is 0 Å². The summed E-state index contributed by atoms with van der Waals surface area (Å²) in [5.41, 5.74) is 2.15. The van der Waals surface area contributed by atoms with E-state index in [1.54, 1.807) is 13.8 Å². The molecule has 2 aromatic rings. The monoisotopic (exact) mass is 573 g/mol. The van der Waals surface area contributed by atoms with Crippen LogP contribution in [0.15, 0.2) is 60.7 Å². The average molecular weight is 574 g/mol. The lowest BCUT2D eigenvalue weighted by Gasteiger charge is -2.50. The number of nitrogens with zero attached hydrogens (tertiary/aromatic N) is 1. The highest BCUT2D eigenvalue weighted by atomic mass is 28.4.